The highest BCUT2D eigenvalue weighted by atomic mass is 19.4. The fourth-order valence-electron chi connectivity index (χ4n) is 3.69. The molecule has 0 saturated heterocycles. The Balaban J connectivity index is 2.52. The van der Waals surface area contributed by atoms with E-state index in [1.54, 1.807) is 13.8 Å². The minimum absolute atomic E-state index is 0.338. The maximum Gasteiger partial charge on any atom is 0.460 e. The monoisotopic (exact) mass is 348 g/mol. The summed E-state index contributed by atoms with van der Waals surface area (Å²) in [6, 6.07) is 0. The van der Waals surface area contributed by atoms with Gasteiger partial charge >= 0.3 is 18.0 Å². The predicted octanol–water partition coefficient (Wildman–Crippen LogP) is 4.51. The van der Waals surface area contributed by atoms with Crippen LogP contribution in [0, 0.1) is 23.2 Å². The topological polar surface area (TPSA) is 37.3 Å². The number of ketones is 1. The van der Waals surface area contributed by atoms with Crippen LogP contribution in [0.2, 0.25) is 0 Å². The summed E-state index contributed by atoms with van der Waals surface area (Å²) in [5, 5.41) is 9.48. The van der Waals surface area contributed by atoms with E-state index >= 15 is 0 Å². The van der Waals surface area contributed by atoms with Crippen molar-refractivity contribution >= 4 is 5.78 Å². The molecule has 0 spiro atoms. The van der Waals surface area contributed by atoms with Crippen LogP contribution in [0.3, 0.4) is 0 Å². The first kappa shape index (κ1) is 18.1. The number of Topliss-reactive ketones (excluding diaryl/α,β-unsaturated/α-hetero) is 1. The Kier molecular flexibility index (Phi) is 3.64. The van der Waals surface area contributed by atoms with E-state index in [9.17, 15) is 40.6 Å². The standard InChI is InChI=1S/C14H15F7O2/c1-5-6-4-7(11(6,2)3)9(22)8(5)10(23)12(15,16)13(17,18)14(19,20)21/h5-7,23H,4H2,1-3H3/b10-8+. The molecule has 3 unspecified atom stereocenters. The van der Waals surface area contributed by atoms with Gasteiger partial charge in [-0.15, -0.1) is 0 Å². The molecule has 132 valence electrons. The van der Waals surface area contributed by atoms with Gasteiger partial charge in [0.1, 0.15) is 0 Å². The normalized spacial score (nSPS) is 33.3. The van der Waals surface area contributed by atoms with Crippen LogP contribution in [-0.4, -0.2) is 28.9 Å². The lowest BCUT2D eigenvalue weighted by Crippen LogP contribution is -2.59. The van der Waals surface area contributed by atoms with Gasteiger partial charge in [-0.05, 0) is 23.7 Å². The molecule has 0 aromatic rings. The number of aliphatic hydroxyl groups excluding tert-OH is 1. The first-order chi connectivity index (χ1) is 10.1. The predicted molar refractivity (Wildman–Crippen MR) is 65.2 cm³/mol. The highest BCUT2D eigenvalue weighted by Crippen LogP contribution is 2.62. The van der Waals surface area contributed by atoms with Crippen molar-refractivity contribution in [3.05, 3.63) is 11.3 Å². The summed E-state index contributed by atoms with van der Waals surface area (Å²) in [6.07, 6.45) is -6.22. The maximum atomic E-state index is 13.6. The molecule has 9 heteroatoms. The van der Waals surface area contributed by atoms with Crippen molar-refractivity contribution < 1.29 is 40.6 Å². The molecule has 0 heterocycles. The fraction of sp³-hybridized carbons (Fsp3) is 0.786. The second-order valence-electron chi connectivity index (χ2n) is 6.78. The van der Waals surface area contributed by atoms with Crippen molar-refractivity contribution in [2.75, 3.05) is 0 Å². The van der Waals surface area contributed by atoms with Crippen LogP contribution in [0.25, 0.3) is 0 Å². The molecule has 0 amide bonds. The molecule has 1 N–H and O–H groups in total. The minimum Gasteiger partial charge on any atom is -0.506 e. The van der Waals surface area contributed by atoms with E-state index in [0.717, 1.165) is 0 Å². The van der Waals surface area contributed by atoms with Gasteiger partial charge in [-0.25, -0.2) is 0 Å². The van der Waals surface area contributed by atoms with Crippen LogP contribution in [0.1, 0.15) is 27.2 Å². The zero-order valence-electron chi connectivity index (χ0n) is 12.4. The number of allylic oxidation sites excluding steroid dienone is 2. The number of fused-ring (bicyclic) bond motifs is 2. The molecule has 3 atom stereocenters. The van der Waals surface area contributed by atoms with Crippen LogP contribution in [0.5, 0.6) is 0 Å². The van der Waals surface area contributed by atoms with Crippen molar-refractivity contribution in [1.82, 2.24) is 0 Å². The summed E-state index contributed by atoms with van der Waals surface area (Å²) in [6.45, 7) is 4.65. The number of alkyl halides is 7. The van der Waals surface area contributed by atoms with Crippen molar-refractivity contribution in [1.29, 1.82) is 0 Å². The summed E-state index contributed by atoms with van der Waals surface area (Å²) in [4.78, 5) is 12.2. The summed E-state index contributed by atoms with van der Waals surface area (Å²) < 4.78 is 90.0. The third kappa shape index (κ3) is 2.11. The number of carbonyl (C=O) groups excluding carboxylic acids is 1. The molecule has 3 rings (SSSR count). The highest BCUT2D eigenvalue weighted by molar-refractivity contribution is 6.01. The molecule has 2 bridgehead atoms. The quantitative estimate of drug-likeness (QED) is 0.453. The second-order valence-corrected chi connectivity index (χ2v) is 6.78. The van der Waals surface area contributed by atoms with Crippen molar-refractivity contribution in [2.24, 2.45) is 23.2 Å². The van der Waals surface area contributed by atoms with Crippen LogP contribution in [-0.2, 0) is 4.79 Å². The lowest BCUT2D eigenvalue weighted by Gasteiger charge is -2.59. The van der Waals surface area contributed by atoms with Gasteiger partial charge in [0, 0.05) is 11.5 Å². The molecule has 0 aromatic heterocycles. The molecule has 0 radical (unpaired) electrons. The Hall–Kier alpha value is -1.28. The van der Waals surface area contributed by atoms with Gasteiger partial charge in [0.15, 0.2) is 11.5 Å². The number of aliphatic hydroxyl groups is 1. The molecule has 0 aliphatic heterocycles. The lowest BCUT2D eigenvalue weighted by molar-refractivity contribution is -0.350. The molecule has 0 aromatic carbocycles. The van der Waals surface area contributed by atoms with Crippen LogP contribution < -0.4 is 0 Å². The molecule has 3 aliphatic carbocycles. The zero-order valence-corrected chi connectivity index (χ0v) is 12.4. The van der Waals surface area contributed by atoms with E-state index in [1.165, 1.54) is 6.92 Å². The summed E-state index contributed by atoms with van der Waals surface area (Å²) in [5.74, 6) is -18.0. The zero-order chi connectivity index (χ0) is 18.2. The van der Waals surface area contributed by atoms with E-state index in [1.807, 2.05) is 0 Å². The summed E-state index contributed by atoms with van der Waals surface area (Å²) in [5.41, 5.74) is -1.58. The number of hydrogen-bond donors (Lipinski definition) is 1. The van der Waals surface area contributed by atoms with Crippen molar-refractivity contribution in [3.63, 3.8) is 0 Å². The largest absolute Gasteiger partial charge is 0.506 e. The van der Waals surface area contributed by atoms with Gasteiger partial charge in [-0.3, -0.25) is 4.79 Å². The maximum absolute atomic E-state index is 13.6. The number of carbonyl (C=O) groups is 1. The average Bonchev–Trinajstić information content (AvgIpc) is 2.35. The second kappa shape index (κ2) is 4.63. The van der Waals surface area contributed by atoms with Gasteiger partial charge in [-0.2, -0.15) is 30.7 Å². The van der Waals surface area contributed by atoms with E-state index in [-0.39, 0.29) is 5.92 Å². The van der Waals surface area contributed by atoms with E-state index in [0.29, 0.717) is 6.42 Å². The number of rotatable bonds is 2. The molecule has 3 saturated carbocycles. The third-order valence-electron chi connectivity index (χ3n) is 5.29. The smallest absolute Gasteiger partial charge is 0.460 e. The number of hydrogen-bond acceptors (Lipinski definition) is 2. The van der Waals surface area contributed by atoms with E-state index < -0.39 is 52.4 Å². The average molecular weight is 348 g/mol. The Morgan fingerprint density at radius 1 is 1.13 bits per heavy atom. The Morgan fingerprint density at radius 2 is 1.61 bits per heavy atom. The van der Waals surface area contributed by atoms with E-state index in [2.05, 4.69) is 0 Å². The SMILES string of the molecule is CC1/C(=C(\O)C(F)(F)C(F)(F)C(F)(F)F)C(=O)C2CC1C2(C)C. The Bertz CT molecular complexity index is 574. The van der Waals surface area contributed by atoms with Gasteiger partial charge < -0.3 is 5.11 Å². The summed E-state index contributed by atoms with van der Waals surface area (Å²) in [7, 11) is 0. The number of halogens is 7. The first-order valence-electron chi connectivity index (χ1n) is 6.88. The van der Waals surface area contributed by atoms with Gasteiger partial charge in [-0.1, -0.05) is 20.8 Å². The van der Waals surface area contributed by atoms with Crippen molar-refractivity contribution in [2.45, 2.75) is 45.2 Å². The molecule has 2 nitrogen and oxygen atoms in total. The van der Waals surface area contributed by atoms with Crippen molar-refractivity contribution in [3.8, 4) is 0 Å². The van der Waals surface area contributed by atoms with Crippen LogP contribution in [0.15, 0.2) is 11.3 Å². The Morgan fingerprint density at radius 3 is 1.96 bits per heavy atom. The first-order valence-corrected chi connectivity index (χ1v) is 6.88. The van der Waals surface area contributed by atoms with Gasteiger partial charge in [0.05, 0.1) is 0 Å². The van der Waals surface area contributed by atoms with E-state index in [4.69, 9.17) is 0 Å². The highest BCUT2D eigenvalue weighted by Gasteiger charge is 2.76. The molecule has 23 heavy (non-hydrogen) atoms. The van der Waals surface area contributed by atoms with Crippen LogP contribution >= 0.6 is 0 Å². The molecular formula is C14H15F7O2. The molecule has 3 fully saturated rings. The third-order valence-corrected chi connectivity index (χ3v) is 5.29. The minimum atomic E-state index is -6.56. The van der Waals surface area contributed by atoms with Gasteiger partial charge in [0.25, 0.3) is 0 Å². The summed E-state index contributed by atoms with van der Waals surface area (Å²) >= 11 is 0. The molecular weight excluding hydrogens is 333 g/mol. The lowest BCUT2D eigenvalue weighted by atomic mass is 9.44. The Labute approximate surface area is 127 Å². The van der Waals surface area contributed by atoms with Gasteiger partial charge in [0.2, 0.25) is 0 Å². The fourth-order valence-corrected chi connectivity index (χ4v) is 3.69. The van der Waals surface area contributed by atoms with Crippen LogP contribution in [0.4, 0.5) is 30.7 Å². The molecule has 3 aliphatic rings.